The molecule has 0 spiro atoms. The maximum atomic E-state index is 11.9. The van der Waals surface area contributed by atoms with E-state index in [2.05, 4.69) is 6.92 Å². The minimum absolute atomic E-state index is 0.00356. The van der Waals surface area contributed by atoms with Crippen molar-refractivity contribution in [3.8, 4) is 0 Å². The normalized spacial score (nSPS) is 32.1. The number of Topliss-reactive ketones (excluding diaryl/α,β-unsaturated/α-hetero) is 1. The molecule has 0 aromatic rings. The third-order valence-corrected chi connectivity index (χ3v) is 4.23. The van der Waals surface area contributed by atoms with Crippen LogP contribution in [-0.2, 0) is 9.53 Å². The van der Waals surface area contributed by atoms with Gasteiger partial charge in [-0.1, -0.05) is 39.0 Å². The molecule has 0 amide bonds. The molecule has 1 aliphatic heterocycles. The number of unbranched alkanes of at least 4 members (excludes halogenated alkanes) is 5. The zero-order chi connectivity index (χ0) is 16.5. The highest BCUT2D eigenvalue weighted by atomic mass is 16.5. The van der Waals surface area contributed by atoms with E-state index < -0.39 is 37.1 Å². The number of ketones is 1. The Labute approximate surface area is 132 Å². The van der Waals surface area contributed by atoms with Gasteiger partial charge >= 0.3 is 0 Å². The van der Waals surface area contributed by atoms with Gasteiger partial charge in [0.1, 0.15) is 30.2 Å². The fraction of sp³-hybridized carbons (Fsp3) is 0.938. The molecule has 1 saturated heterocycles. The van der Waals surface area contributed by atoms with Crippen molar-refractivity contribution < 1.29 is 30.0 Å². The molecule has 0 aromatic carbocycles. The second-order valence-electron chi connectivity index (χ2n) is 6.13. The van der Waals surface area contributed by atoms with Crippen LogP contribution in [0.5, 0.6) is 0 Å². The summed E-state index contributed by atoms with van der Waals surface area (Å²) in [5, 5.41) is 38.3. The second kappa shape index (κ2) is 10.3. The zero-order valence-electron chi connectivity index (χ0n) is 13.4. The lowest BCUT2D eigenvalue weighted by atomic mass is 9.92. The number of ether oxygens (including phenoxy) is 1. The van der Waals surface area contributed by atoms with Crippen molar-refractivity contribution >= 4 is 5.78 Å². The van der Waals surface area contributed by atoms with Gasteiger partial charge in [0, 0.05) is 12.8 Å². The van der Waals surface area contributed by atoms with Crippen LogP contribution in [0.1, 0.15) is 58.3 Å². The standard InChI is InChI=1S/C16H30O6/c1-2-3-4-5-6-7-8-11(18)9-12-14(19)16(21)15(20)13(10-17)22-12/h12-17,19-21H,2-10H2,1H3/t12-,13-,14+,15-,16-/m1/s1. The van der Waals surface area contributed by atoms with Gasteiger partial charge in [-0.25, -0.2) is 0 Å². The van der Waals surface area contributed by atoms with Gasteiger partial charge in [0.25, 0.3) is 0 Å². The smallest absolute Gasteiger partial charge is 0.135 e. The highest BCUT2D eigenvalue weighted by Crippen LogP contribution is 2.24. The molecule has 6 nitrogen and oxygen atoms in total. The fourth-order valence-corrected chi connectivity index (χ4v) is 2.78. The summed E-state index contributed by atoms with van der Waals surface area (Å²) >= 11 is 0. The monoisotopic (exact) mass is 318 g/mol. The van der Waals surface area contributed by atoms with E-state index in [1.54, 1.807) is 0 Å². The molecule has 22 heavy (non-hydrogen) atoms. The van der Waals surface area contributed by atoms with E-state index in [0.717, 1.165) is 19.3 Å². The van der Waals surface area contributed by atoms with Crippen LogP contribution >= 0.6 is 0 Å². The summed E-state index contributed by atoms with van der Waals surface area (Å²) in [6.45, 7) is 1.69. The third kappa shape index (κ3) is 5.93. The van der Waals surface area contributed by atoms with E-state index in [-0.39, 0.29) is 12.2 Å². The molecule has 0 aliphatic carbocycles. The quantitative estimate of drug-likeness (QED) is 0.438. The number of rotatable bonds is 10. The molecule has 0 bridgehead atoms. The molecule has 1 rings (SSSR count). The summed E-state index contributed by atoms with van der Waals surface area (Å²) in [4.78, 5) is 11.9. The number of carbonyl (C=O) groups is 1. The zero-order valence-corrected chi connectivity index (χ0v) is 13.4. The van der Waals surface area contributed by atoms with Crippen molar-refractivity contribution in [2.45, 2.75) is 88.8 Å². The van der Waals surface area contributed by atoms with Crippen LogP contribution in [0.15, 0.2) is 0 Å². The Morgan fingerprint density at radius 2 is 1.50 bits per heavy atom. The molecule has 0 saturated carbocycles. The molecule has 0 aromatic heterocycles. The van der Waals surface area contributed by atoms with Crippen molar-refractivity contribution in [1.29, 1.82) is 0 Å². The molecular formula is C16H30O6. The Hall–Kier alpha value is -0.530. The highest BCUT2D eigenvalue weighted by molar-refractivity contribution is 5.78. The lowest BCUT2D eigenvalue weighted by molar-refractivity contribution is -0.229. The minimum atomic E-state index is -1.40. The van der Waals surface area contributed by atoms with Crippen LogP contribution < -0.4 is 0 Å². The summed E-state index contributed by atoms with van der Waals surface area (Å²) in [5.74, 6) is -0.0279. The van der Waals surface area contributed by atoms with Crippen molar-refractivity contribution in [3.63, 3.8) is 0 Å². The average molecular weight is 318 g/mol. The van der Waals surface area contributed by atoms with Crippen LogP contribution in [0.3, 0.4) is 0 Å². The molecular weight excluding hydrogens is 288 g/mol. The van der Waals surface area contributed by atoms with E-state index in [0.29, 0.717) is 6.42 Å². The van der Waals surface area contributed by atoms with Gasteiger partial charge < -0.3 is 25.2 Å². The average Bonchev–Trinajstić information content (AvgIpc) is 2.51. The van der Waals surface area contributed by atoms with Crippen LogP contribution in [0.2, 0.25) is 0 Å². The molecule has 5 atom stereocenters. The predicted octanol–water partition coefficient (Wildman–Crippen LogP) is 0.539. The Kier molecular flexibility index (Phi) is 9.12. The van der Waals surface area contributed by atoms with Gasteiger partial charge in [-0.3, -0.25) is 4.79 Å². The summed E-state index contributed by atoms with van der Waals surface area (Å²) in [6, 6.07) is 0. The van der Waals surface area contributed by atoms with Gasteiger partial charge in [-0.05, 0) is 6.42 Å². The van der Waals surface area contributed by atoms with Crippen molar-refractivity contribution in [3.05, 3.63) is 0 Å². The summed E-state index contributed by atoms with van der Waals surface area (Å²) in [7, 11) is 0. The lowest BCUT2D eigenvalue weighted by Crippen LogP contribution is -2.58. The molecule has 1 heterocycles. The topological polar surface area (TPSA) is 107 Å². The third-order valence-electron chi connectivity index (χ3n) is 4.23. The molecule has 1 fully saturated rings. The molecule has 4 N–H and O–H groups in total. The maximum absolute atomic E-state index is 11.9. The molecule has 0 radical (unpaired) electrons. The van der Waals surface area contributed by atoms with Crippen molar-refractivity contribution in [2.75, 3.05) is 6.61 Å². The molecule has 6 heteroatoms. The van der Waals surface area contributed by atoms with Gasteiger partial charge in [0.05, 0.1) is 12.7 Å². The van der Waals surface area contributed by atoms with E-state index in [1.807, 2.05) is 0 Å². The summed E-state index contributed by atoms with van der Waals surface area (Å²) < 4.78 is 5.33. The number of hydrogen-bond acceptors (Lipinski definition) is 6. The van der Waals surface area contributed by atoms with E-state index in [1.165, 1.54) is 19.3 Å². The maximum Gasteiger partial charge on any atom is 0.135 e. The van der Waals surface area contributed by atoms with E-state index in [9.17, 15) is 20.1 Å². The Bertz CT molecular complexity index is 320. The second-order valence-corrected chi connectivity index (χ2v) is 6.13. The minimum Gasteiger partial charge on any atom is -0.394 e. The summed E-state index contributed by atoms with van der Waals surface area (Å²) in [5.41, 5.74) is 0. The molecule has 0 unspecified atom stereocenters. The first-order chi connectivity index (χ1) is 10.5. The number of hydrogen-bond donors (Lipinski definition) is 4. The van der Waals surface area contributed by atoms with Gasteiger partial charge in [0.15, 0.2) is 0 Å². The van der Waals surface area contributed by atoms with E-state index in [4.69, 9.17) is 9.84 Å². The predicted molar refractivity (Wildman–Crippen MR) is 81.4 cm³/mol. The first-order valence-corrected chi connectivity index (χ1v) is 8.33. The number of carbonyl (C=O) groups excluding carboxylic acids is 1. The van der Waals surface area contributed by atoms with Crippen LogP contribution in [-0.4, -0.2) is 63.3 Å². The SMILES string of the molecule is CCCCCCCCC(=O)C[C@H]1O[C@H](CO)[C@@H](O)[C@H](O)[C@H]1O. The molecule has 1 aliphatic rings. The van der Waals surface area contributed by atoms with Gasteiger partial charge in [-0.15, -0.1) is 0 Å². The van der Waals surface area contributed by atoms with Crippen LogP contribution in [0.25, 0.3) is 0 Å². The van der Waals surface area contributed by atoms with Gasteiger partial charge in [-0.2, -0.15) is 0 Å². The first kappa shape index (κ1) is 19.5. The van der Waals surface area contributed by atoms with Crippen LogP contribution in [0.4, 0.5) is 0 Å². The lowest BCUT2D eigenvalue weighted by Gasteiger charge is -2.39. The van der Waals surface area contributed by atoms with Crippen molar-refractivity contribution in [1.82, 2.24) is 0 Å². The van der Waals surface area contributed by atoms with Crippen molar-refractivity contribution in [2.24, 2.45) is 0 Å². The number of aliphatic hydroxyl groups is 4. The first-order valence-electron chi connectivity index (χ1n) is 8.33. The largest absolute Gasteiger partial charge is 0.394 e. The van der Waals surface area contributed by atoms with E-state index >= 15 is 0 Å². The van der Waals surface area contributed by atoms with Crippen LogP contribution in [0, 0.1) is 0 Å². The highest BCUT2D eigenvalue weighted by Gasteiger charge is 2.43. The summed E-state index contributed by atoms with van der Waals surface area (Å²) in [6.07, 6.45) is 1.09. The fourth-order valence-electron chi connectivity index (χ4n) is 2.78. The Morgan fingerprint density at radius 3 is 2.14 bits per heavy atom. The molecule has 130 valence electrons. The Balaban J connectivity index is 2.30. The Morgan fingerprint density at radius 1 is 0.909 bits per heavy atom. The van der Waals surface area contributed by atoms with Gasteiger partial charge in [0.2, 0.25) is 0 Å². The number of aliphatic hydroxyl groups excluding tert-OH is 4.